The van der Waals surface area contributed by atoms with E-state index in [-0.39, 0.29) is 0 Å². The second-order valence-corrected chi connectivity index (χ2v) is 7.04. The molecule has 2 aliphatic rings. The van der Waals surface area contributed by atoms with E-state index in [4.69, 9.17) is 9.47 Å². The first-order chi connectivity index (χ1) is 11.7. The van der Waals surface area contributed by atoms with Crippen LogP contribution in [0, 0.1) is 5.92 Å². The molecule has 2 fully saturated rings. The summed E-state index contributed by atoms with van der Waals surface area (Å²) in [4.78, 5) is 4.65. The highest BCUT2D eigenvalue weighted by molar-refractivity contribution is 5.58. The van der Waals surface area contributed by atoms with Gasteiger partial charge in [-0.2, -0.15) is 0 Å². The third kappa shape index (κ3) is 4.85. The van der Waals surface area contributed by atoms with Gasteiger partial charge in [0.05, 0.1) is 18.9 Å². The number of anilines is 1. The molecule has 2 heterocycles. The summed E-state index contributed by atoms with van der Waals surface area (Å²) in [5, 5.41) is 10.3. The van der Waals surface area contributed by atoms with Crippen molar-refractivity contribution in [2.75, 3.05) is 57.4 Å². The Kier molecular flexibility index (Phi) is 6.35. The maximum absolute atomic E-state index is 10.3. The minimum atomic E-state index is -0.476. The monoisotopic (exact) mass is 334 g/mol. The van der Waals surface area contributed by atoms with Gasteiger partial charge >= 0.3 is 0 Å². The van der Waals surface area contributed by atoms with Crippen molar-refractivity contribution in [2.24, 2.45) is 5.92 Å². The summed E-state index contributed by atoms with van der Waals surface area (Å²) in [6.07, 6.45) is 2.06. The van der Waals surface area contributed by atoms with E-state index in [2.05, 4.69) is 28.9 Å². The van der Waals surface area contributed by atoms with E-state index in [0.717, 1.165) is 56.7 Å². The number of benzene rings is 1. The molecule has 0 aromatic heterocycles. The van der Waals surface area contributed by atoms with Gasteiger partial charge in [-0.15, -0.1) is 0 Å². The SMILES string of the molecule is C[C@@H]1CCCN(c2ccccc2OC[C@H](O)CN2CCOCC2)C1. The number of piperidine rings is 1. The van der Waals surface area contributed by atoms with Crippen LogP contribution in [-0.2, 0) is 4.74 Å². The van der Waals surface area contributed by atoms with Crippen LogP contribution in [-0.4, -0.2) is 68.7 Å². The quantitative estimate of drug-likeness (QED) is 0.862. The van der Waals surface area contributed by atoms with Crippen LogP contribution < -0.4 is 9.64 Å². The van der Waals surface area contributed by atoms with Gasteiger partial charge in [0.25, 0.3) is 0 Å². The van der Waals surface area contributed by atoms with Crippen molar-refractivity contribution >= 4 is 5.69 Å². The molecule has 1 aromatic rings. The predicted octanol–water partition coefficient (Wildman–Crippen LogP) is 1.99. The normalized spacial score (nSPS) is 23.9. The van der Waals surface area contributed by atoms with Crippen molar-refractivity contribution in [1.29, 1.82) is 0 Å². The number of para-hydroxylation sites is 2. The standard InChI is InChI=1S/C19H30N2O3/c1-16-5-4-8-21(13-16)18-6-2-3-7-19(18)24-15-17(22)14-20-9-11-23-12-10-20/h2-3,6-7,16-17,22H,4-5,8-15H2,1H3/t16-,17-/m1/s1. The summed E-state index contributed by atoms with van der Waals surface area (Å²) < 4.78 is 11.3. The highest BCUT2D eigenvalue weighted by Gasteiger charge is 2.20. The molecule has 0 radical (unpaired) electrons. The second kappa shape index (κ2) is 8.70. The Bertz CT molecular complexity index is 505. The lowest BCUT2D eigenvalue weighted by atomic mass is 9.99. The summed E-state index contributed by atoms with van der Waals surface area (Å²) in [5.74, 6) is 1.60. The molecule has 3 rings (SSSR count). The van der Waals surface area contributed by atoms with Crippen molar-refractivity contribution in [1.82, 2.24) is 4.90 Å². The zero-order chi connectivity index (χ0) is 16.8. The minimum absolute atomic E-state index is 0.331. The van der Waals surface area contributed by atoms with Crippen molar-refractivity contribution < 1.29 is 14.6 Å². The summed E-state index contributed by atoms with van der Waals surface area (Å²) in [5.41, 5.74) is 1.16. The molecule has 5 nitrogen and oxygen atoms in total. The van der Waals surface area contributed by atoms with Crippen molar-refractivity contribution in [3.63, 3.8) is 0 Å². The van der Waals surface area contributed by atoms with Crippen molar-refractivity contribution in [3.8, 4) is 5.75 Å². The number of aliphatic hydroxyl groups is 1. The molecule has 1 aromatic carbocycles. The van der Waals surface area contributed by atoms with Gasteiger partial charge in [-0.1, -0.05) is 19.1 Å². The van der Waals surface area contributed by atoms with Crippen molar-refractivity contribution in [3.05, 3.63) is 24.3 Å². The van der Waals surface area contributed by atoms with Gasteiger partial charge in [0, 0.05) is 32.7 Å². The number of ether oxygens (including phenoxy) is 2. The number of β-amino-alcohol motifs (C(OH)–C–C–N with tert-alkyl or cyclic N) is 1. The number of rotatable bonds is 6. The Morgan fingerprint density at radius 1 is 1.25 bits per heavy atom. The van der Waals surface area contributed by atoms with E-state index in [1.807, 2.05) is 12.1 Å². The smallest absolute Gasteiger partial charge is 0.142 e. The van der Waals surface area contributed by atoms with Gasteiger partial charge in [0.15, 0.2) is 0 Å². The summed E-state index contributed by atoms with van der Waals surface area (Å²) in [7, 11) is 0. The van der Waals surface area contributed by atoms with Crippen LogP contribution >= 0.6 is 0 Å². The molecular formula is C19H30N2O3. The molecular weight excluding hydrogens is 304 g/mol. The Morgan fingerprint density at radius 2 is 2.04 bits per heavy atom. The van der Waals surface area contributed by atoms with Crippen LogP contribution in [0.3, 0.4) is 0 Å². The number of hydrogen-bond acceptors (Lipinski definition) is 5. The molecule has 2 aliphatic heterocycles. The molecule has 1 N–H and O–H groups in total. The van der Waals surface area contributed by atoms with Crippen LogP contribution in [0.15, 0.2) is 24.3 Å². The van der Waals surface area contributed by atoms with E-state index in [1.165, 1.54) is 12.8 Å². The number of nitrogens with zero attached hydrogens (tertiary/aromatic N) is 2. The zero-order valence-corrected chi connectivity index (χ0v) is 14.7. The second-order valence-electron chi connectivity index (χ2n) is 7.04. The Balaban J connectivity index is 1.54. The van der Waals surface area contributed by atoms with Crippen LogP contribution in [0.25, 0.3) is 0 Å². The first-order valence-corrected chi connectivity index (χ1v) is 9.17. The van der Waals surface area contributed by atoms with Gasteiger partial charge in [0.2, 0.25) is 0 Å². The molecule has 5 heteroatoms. The zero-order valence-electron chi connectivity index (χ0n) is 14.7. The van der Waals surface area contributed by atoms with Crippen LogP contribution in [0.4, 0.5) is 5.69 Å². The fourth-order valence-corrected chi connectivity index (χ4v) is 3.57. The van der Waals surface area contributed by atoms with Gasteiger partial charge in [0.1, 0.15) is 18.5 Å². The Hall–Kier alpha value is -1.30. The number of aliphatic hydroxyl groups excluding tert-OH is 1. The first-order valence-electron chi connectivity index (χ1n) is 9.17. The molecule has 2 atom stereocenters. The third-order valence-corrected chi connectivity index (χ3v) is 4.87. The van der Waals surface area contributed by atoms with Gasteiger partial charge in [-0.3, -0.25) is 4.90 Å². The maximum atomic E-state index is 10.3. The number of hydrogen-bond donors (Lipinski definition) is 1. The fourth-order valence-electron chi connectivity index (χ4n) is 3.57. The lowest BCUT2D eigenvalue weighted by Crippen LogP contribution is -2.42. The summed E-state index contributed by atoms with van der Waals surface area (Å²) in [6, 6.07) is 8.20. The van der Waals surface area contributed by atoms with E-state index >= 15 is 0 Å². The lowest BCUT2D eigenvalue weighted by Gasteiger charge is -2.34. The lowest BCUT2D eigenvalue weighted by molar-refractivity contribution is 0.00469. The highest BCUT2D eigenvalue weighted by atomic mass is 16.5. The molecule has 0 aliphatic carbocycles. The van der Waals surface area contributed by atoms with E-state index in [9.17, 15) is 5.11 Å². The van der Waals surface area contributed by atoms with Gasteiger partial charge < -0.3 is 19.5 Å². The maximum Gasteiger partial charge on any atom is 0.142 e. The van der Waals surface area contributed by atoms with Gasteiger partial charge in [-0.25, -0.2) is 0 Å². The molecule has 0 bridgehead atoms. The molecule has 0 amide bonds. The topological polar surface area (TPSA) is 45.2 Å². The predicted molar refractivity (Wildman–Crippen MR) is 95.8 cm³/mol. The van der Waals surface area contributed by atoms with Crippen molar-refractivity contribution in [2.45, 2.75) is 25.9 Å². The van der Waals surface area contributed by atoms with E-state index < -0.39 is 6.10 Å². The first kappa shape index (κ1) is 17.5. The van der Waals surface area contributed by atoms with Crippen LogP contribution in [0.1, 0.15) is 19.8 Å². The third-order valence-electron chi connectivity index (χ3n) is 4.87. The molecule has 134 valence electrons. The average molecular weight is 334 g/mol. The highest BCUT2D eigenvalue weighted by Crippen LogP contribution is 2.31. The van der Waals surface area contributed by atoms with Gasteiger partial charge in [-0.05, 0) is 30.9 Å². The minimum Gasteiger partial charge on any atom is -0.489 e. The fraction of sp³-hybridized carbons (Fsp3) is 0.684. The van der Waals surface area contributed by atoms with E-state index in [0.29, 0.717) is 13.2 Å². The van der Waals surface area contributed by atoms with Crippen LogP contribution in [0.5, 0.6) is 5.75 Å². The summed E-state index contributed by atoms with van der Waals surface area (Å²) in [6.45, 7) is 8.73. The largest absolute Gasteiger partial charge is 0.489 e. The molecule has 2 saturated heterocycles. The Morgan fingerprint density at radius 3 is 2.83 bits per heavy atom. The molecule has 24 heavy (non-hydrogen) atoms. The van der Waals surface area contributed by atoms with Crippen LogP contribution in [0.2, 0.25) is 0 Å². The number of morpholine rings is 1. The van der Waals surface area contributed by atoms with E-state index in [1.54, 1.807) is 0 Å². The Labute approximate surface area is 145 Å². The average Bonchev–Trinajstić information content (AvgIpc) is 2.61. The molecule has 0 saturated carbocycles. The summed E-state index contributed by atoms with van der Waals surface area (Å²) >= 11 is 0. The molecule has 0 unspecified atom stereocenters. The molecule has 0 spiro atoms.